The van der Waals surface area contributed by atoms with Gasteiger partial charge in [-0.25, -0.2) is 0 Å². The molecule has 116 valence electrons. The minimum atomic E-state index is -0.411. The number of nitrogens with zero attached hydrogens (tertiary/aromatic N) is 1. The summed E-state index contributed by atoms with van der Waals surface area (Å²) in [5, 5.41) is 4.89. The average molecular weight is 308 g/mol. The van der Waals surface area contributed by atoms with Gasteiger partial charge in [0.2, 0.25) is 11.8 Å². The lowest BCUT2D eigenvalue weighted by atomic mass is 9.95. The molecule has 1 aromatic rings. The third-order valence-corrected chi connectivity index (χ3v) is 5.02. The largest absolute Gasteiger partial charge is 0.342 e. The van der Waals surface area contributed by atoms with Crippen LogP contribution < -0.4 is 5.32 Å². The van der Waals surface area contributed by atoms with Gasteiger partial charge in [0.25, 0.3) is 0 Å². The standard InChI is InChI=1S/C16H24N2O2S/c1-5-7-12(13-8-6-9-21-13)18-11(4)15(19)17-14(10(2)3)16(18)20/h6,8-12,14H,5,7H2,1-4H3,(H,17,19). The molecule has 1 aromatic heterocycles. The summed E-state index contributed by atoms with van der Waals surface area (Å²) in [6, 6.07) is 3.24. The Balaban J connectivity index is 2.36. The van der Waals surface area contributed by atoms with E-state index < -0.39 is 12.1 Å². The second kappa shape index (κ2) is 6.60. The summed E-state index contributed by atoms with van der Waals surface area (Å²) in [6.07, 6.45) is 1.86. The molecule has 3 unspecified atom stereocenters. The van der Waals surface area contributed by atoms with E-state index in [1.54, 1.807) is 16.2 Å². The number of thiophene rings is 1. The van der Waals surface area contributed by atoms with Gasteiger partial charge in [-0.15, -0.1) is 11.3 Å². The van der Waals surface area contributed by atoms with Gasteiger partial charge in [-0.2, -0.15) is 0 Å². The van der Waals surface area contributed by atoms with E-state index in [0.717, 1.165) is 17.7 Å². The van der Waals surface area contributed by atoms with Gasteiger partial charge in [-0.3, -0.25) is 9.59 Å². The van der Waals surface area contributed by atoms with Crippen molar-refractivity contribution < 1.29 is 9.59 Å². The van der Waals surface area contributed by atoms with E-state index in [1.165, 1.54) is 0 Å². The molecule has 2 amide bonds. The maximum absolute atomic E-state index is 12.9. The number of piperazine rings is 1. The number of rotatable bonds is 5. The van der Waals surface area contributed by atoms with Gasteiger partial charge < -0.3 is 10.2 Å². The smallest absolute Gasteiger partial charge is 0.246 e. The zero-order valence-electron chi connectivity index (χ0n) is 13.1. The molecular formula is C16H24N2O2S. The van der Waals surface area contributed by atoms with Crippen molar-refractivity contribution in [1.82, 2.24) is 10.2 Å². The van der Waals surface area contributed by atoms with Gasteiger partial charge >= 0.3 is 0 Å². The second-order valence-corrected chi connectivity index (χ2v) is 6.95. The first kappa shape index (κ1) is 16.0. The summed E-state index contributed by atoms with van der Waals surface area (Å²) in [5.41, 5.74) is 0. The van der Waals surface area contributed by atoms with Crippen LogP contribution >= 0.6 is 11.3 Å². The van der Waals surface area contributed by atoms with E-state index in [9.17, 15) is 9.59 Å². The molecule has 3 atom stereocenters. The van der Waals surface area contributed by atoms with Crippen molar-refractivity contribution >= 4 is 23.2 Å². The molecule has 0 aromatic carbocycles. The lowest BCUT2D eigenvalue weighted by Gasteiger charge is -2.43. The molecule has 2 heterocycles. The monoisotopic (exact) mass is 308 g/mol. The molecule has 1 fully saturated rings. The number of hydrogen-bond donors (Lipinski definition) is 1. The minimum Gasteiger partial charge on any atom is -0.342 e. The highest BCUT2D eigenvalue weighted by molar-refractivity contribution is 7.10. The Morgan fingerprint density at radius 3 is 2.62 bits per heavy atom. The van der Waals surface area contributed by atoms with Crippen LogP contribution in [0.25, 0.3) is 0 Å². The van der Waals surface area contributed by atoms with Crippen molar-refractivity contribution in [2.24, 2.45) is 5.92 Å². The highest BCUT2D eigenvalue weighted by Crippen LogP contribution is 2.33. The normalized spacial score (nSPS) is 24.3. The fourth-order valence-electron chi connectivity index (χ4n) is 2.86. The van der Waals surface area contributed by atoms with E-state index in [-0.39, 0.29) is 23.8 Å². The van der Waals surface area contributed by atoms with Crippen LogP contribution in [-0.4, -0.2) is 28.8 Å². The maximum Gasteiger partial charge on any atom is 0.246 e. The van der Waals surface area contributed by atoms with Crippen LogP contribution in [0.3, 0.4) is 0 Å². The third-order valence-electron chi connectivity index (χ3n) is 4.05. The minimum absolute atomic E-state index is 0.00444. The maximum atomic E-state index is 12.9. The highest BCUT2D eigenvalue weighted by Gasteiger charge is 2.42. The van der Waals surface area contributed by atoms with Crippen molar-refractivity contribution in [2.75, 3.05) is 0 Å². The topological polar surface area (TPSA) is 49.4 Å². The lowest BCUT2D eigenvalue weighted by molar-refractivity contribution is -0.153. The third kappa shape index (κ3) is 3.12. The first-order valence-corrected chi connectivity index (χ1v) is 8.51. The van der Waals surface area contributed by atoms with Gasteiger partial charge in [-0.1, -0.05) is 33.3 Å². The summed E-state index contributed by atoms with van der Waals surface area (Å²) < 4.78 is 0. The van der Waals surface area contributed by atoms with Gasteiger partial charge in [0, 0.05) is 4.88 Å². The fraction of sp³-hybridized carbons (Fsp3) is 0.625. The van der Waals surface area contributed by atoms with Crippen LogP contribution in [0.5, 0.6) is 0 Å². The number of nitrogens with one attached hydrogen (secondary N) is 1. The number of carbonyl (C=O) groups excluding carboxylic acids is 2. The van der Waals surface area contributed by atoms with Crippen LogP contribution in [0.15, 0.2) is 17.5 Å². The molecule has 1 aliphatic heterocycles. The van der Waals surface area contributed by atoms with E-state index in [1.807, 2.05) is 32.2 Å². The number of carbonyl (C=O) groups is 2. The molecule has 0 spiro atoms. The molecule has 0 aliphatic carbocycles. The van der Waals surface area contributed by atoms with Crippen LogP contribution in [0, 0.1) is 5.92 Å². The molecule has 1 N–H and O–H groups in total. The molecule has 1 saturated heterocycles. The van der Waals surface area contributed by atoms with Gasteiger partial charge in [0.1, 0.15) is 12.1 Å². The Bertz CT molecular complexity index is 498. The number of hydrogen-bond acceptors (Lipinski definition) is 3. The second-order valence-electron chi connectivity index (χ2n) is 5.97. The van der Waals surface area contributed by atoms with E-state index in [0.29, 0.717) is 0 Å². The average Bonchev–Trinajstić information content (AvgIpc) is 2.95. The molecule has 0 bridgehead atoms. The van der Waals surface area contributed by atoms with Gasteiger partial charge in [0.05, 0.1) is 6.04 Å². The van der Waals surface area contributed by atoms with E-state index in [2.05, 4.69) is 18.3 Å². The van der Waals surface area contributed by atoms with Crippen molar-refractivity contribution in [2.45, 2.75) is 58.7 Å². The Hall–Kier alpha value is -1.36. The van der Waals surface area contributed by atoms with Crippen LogP contribution in [-0.2, 0) is 9.59 Å². The van der Waals surface area contributed by atoms with E-state index in [4.69, 9.17) is 0 Å². The first-order valence-electron chi connectivity index (χ1n) is 7.63. The predicted octanol–water partition coefficient (Wildman–Crippen LogP) is 2.96. The number of amides is 2. The lowest BCUT2D eigenvalue weighted by Crippen LogP contribution is -2.64. The SMILES string of the molecule is CCCC(c1cccs1)N1C(=O)C(C(C)C)NC(=O)C1C. The van der Waals surface area contributed by atoms with Crippen LogP contribution in [0.1, 0.15) is 51.5 Å². The summed E-state index contributed by atoms with van der Waals surface area (Å²) in [6.45, 7) is 7.87. The molecule has 0 radical (unpaired) electrons. The predicted molar refractivity (Wildman–Crippen MR) is 85.0 cm³/mol. The van der Waals surface area contributed by atoms with Crippen molar-refractivity contribution in [3.05, 3.63) is 22.4 Å². The zero-order chi connectivity index (χ0) is 15.6. The summed E-state index contributed by atoms with van der Waals surface area (Å²) in [5.74, 6) is 0.0944. The van der Waals surface area contributed by atoms with Crippen molar-refractivity contribution in [1.29, 1.82) is 0 Å². The van der Waals surface area contributed by atoms with Crippen molar-refractivity contribution in [3.8, 4) is 0 Å². The summed E-state index contributed by atoms with van der Waals surface area (Å²) in [7, 11) is 0. The molecule has 4 nitrogen and oxygen atoms in total. The molecule has 1 aliphatic rings. The molecule has 2 rings (SSSR count). The first-order chi connectivity index (χ1) is 9.97. The molecule has 21 heavy (non-hydrogen) atoms. The molecular weight excluding hydrogens is 284 g/mol. The summed E-state index contributed by atoms with van der Waals surface area (Å²) in [4.78, 5) is 28.1. The fourth-order valence-corrected chi connectivity index (χ4v) is 3.72. The quantitative estimate of drug-likeness (QED) is 0.909. The highest BCUT2D eigenvalue weighted by atomic mass is 32.1. The Kier molecular flexibility index (Phi) is 5.04. The van der Waals surface area contributed by atoms with Gasteiger partial charge in [-0.05, 0) is 30.7 Å². The summed E-state index contributed by atoms with van der Waals surface area (Å²) >= 11 is 1.65. The van der Waals surface area contributed by atoms with Crippen LogP contribution in [0.2, 0.25) is 0 Å². The Morgan fingerprint density at radius 2 is 2.10 bits per heavy atom. The van der Waals surface area contributed by atoms with E-state index >= 15 is 0 Å². The molecule has 0 saturated carbocycles. The van der Waals surface area contributed by atoms with Crippen LogP contribution in [0.4, 0.5) is 0 Å². The Labute approximate surface area is 130 Å². The van der Waals surface area contributed by atoms with Crippen molar-refractivity contribution in [3.63, 3.8) is 0 Å². The van der Waals surface area contributed by atoms with Gasteiger partial charge in [0.15, 0.2) is 0 Å². The Morgan fingerprint density at radius 1 is 1.38 bits per heavy atom. The molecule has 5 heteroatoms. The zero-order valence-corrected chi connectivity index (χ0v) is 13.9.